The summed E-state index contributed by atoms with van der Waals surface area (Å²) >= 11 is 0. The number of imidazole rings is 1. The molecule has 6 rings (SSSR count). The maximum atomic E-state index is 2.63. The number of benzene rings is 4. The van der Waals surface area contributed by atoms with Crippen LogP contribution in [0.4, 0.5) is 0 Å². The molecule has 0 N–H and O–H groups in total. The summed E-state index contributed by atoms with van der Waals surface area (Å²) in [6, 6.07) is 27.3. The van der Waals surface area contributed by atoms with Crippen molar-refractivity contribution in [2.75, 3.05) is 0 Å². The van der Waals surface area contributed by atoms with E-state index in [2.05, 4.69) is 131 Å². The Morgan fingerprint density at radius 3 is 2.00 bits per heavy atom. The number of rotatable bonds is 4. The van der Waals surface area contributed by atoms with Crippen LogP contribution in [0.1, 0.15) is 72.9 Å². The highest BCUT2D eigenvalue weighted by Gasteiger charge is 2.35. The van der Waals surface area contributed by atoms with E-state index in [1.165, 1.54) is 72.6 Å². The molecule has 1 aliphatic carbocycles. The average Bonchev–Trinajstić information content (AvgIpc) is 3.39. The van der Waals surface area contributed by atoms with E-state index < -0.39 is 0 Å². The van der Waals surface area contributed by atoms with E-state index in [9.17, 15) is 0 Å². The minimum atomic E-state index is 0.406. The fourth-order valence-corrected chi connectivity index (χ4v) is 6.38. The number of fused-ring (bicyclic) bond motifs is 5. The molecule has 0 unspecified atom stereocenters. The number of aromatic nitrogens is 2. The van der Waals surface area contributed by atoms with Crippen molar-refractivity contribution in [2.24, 2.45) is 7.05 Å². The molecule has 0 aliphatic heterocycles. The molecule has 0 fully saturated rings. The van der Waals surface area contributed by atoms with E-state index in [1.807, 2.05) is 0 Å². The lowest BCUT2D eigenvalue weighted by molar-refractivity contribution is -0.556. The van der Waals surface area contributed by atoms with Crippen LogP contribution < -0.4 is 4.57 Å². The van der Waals surface area contributed by atoms with Gasteiger partial charge in [-0.15, -0.1) is 0 Å². The Balaban J connectivity index is 1.88. The van der Waals surface area contributed by atoms with E-state index in [4.69, 9.17) is 0 Å². The number of hydrogen-bond acceptors (Lipinski definition) is 0. The normalized spacial score (nSPS) is 12.6. The molecule has 0 saturated carbocycles. The first-order chi connectivity index (χ1) is 17.8. The van der Waals surface area contributed by atoms with Crippen molar-refractivity contribution in [2.45, 2.75) is 59.8 Å². The van der Waals surface area contributed by atoms with E-state index in [0.717, 1.165) is 6.42 Å². The molecule has 1 aromatic heterocycles. The summed E-state index contributed by atoms with van der Waals surface area (Å²) in [5, 5.41) is 0. The van der Waals surface area contributed by atoms with Gasteiger partial charge in [0, 0.05) is 16.7 Å². The van der Waals surface area contributed by atoms with Crippen LogP contribution in [-0.2, 0) is 13.5 Å². The van der Waals surface area contributed by atoms with Crippen LogP contribution in [0.2, 0.25) is 0 Å². The first-order valence-electron chi connectivity index (χ1n) is 13.6. The van der Waals surface area contributed by atoms with Gasteiger partial charge < -0.3 is 0 Å². The molecule has 0 amide bonds. The van der Waals surface area contributed by atoms with Crippen LogP contribution in [0.5, 0.6) is 0 Å². The van der Waals surface area contributed by atoms with E-state index in [-0.39, 0.29) is 0 Å². The standard InChI is InChI=1S/C35H37N2/c1-21(2)29-18-23(5)19-30(22(3)4)33(29)37-34-31(36(7)35(37)27-14-10-8-12-24(27)6)17-16-26-20-25-13-9-11-15-28(25)32(26)34/h8-19,21-22H,20H2,1-7H3/q+1. The summed E-state index contributed by atoms with van der Waals surface area (Å²) in [5.41, 5.74) is 16.3. The zero-order valence-electron chi connectivity index (χ0n) is 23.2. The summed E-state index contributed by atoms with van der Waals surface area (Å²) in [5.74, 6) is 2.06. The number of hydrogen-bond donors (Lipinski definition) is 0. The van der Waals surface area contributed by atoms with Crippen LogP contribution in [0, 0.1) is 13.8 Å². The second kappa shape index (κ2) is 8.73. The zero-order chi connectivity index (χ0) is 26.0. The Kier molecular flexibility index (Phi) is 5.60. The Labute approximate surface area is 221 Å². The summed E-state index contributed by atoms with van der Waals surface area (Å²) in [7, 11) is 2.24. The lowest BCUT2D eigenvalue weighted by Gasteiger charge is -2.20. The Morgan fingerprint density at radius 2 is 1.35 bits per heavy atom. The van der Waals surface area contributed by atoms with Crippen LogP contribution in [0.25, 0.3) is 39.2 Å². The Hall–Kier alpha value is -3.65. The fourth-order valence-electron chi connectivity index (χ4n) is 6.38. The van der Waals surface area contributed by atoms with Gasteiger partial charge in [-0.05, 0) is 66.5 Å². The minimum Gasteiger partial charge on any atom is -0.225 e. The lowest BCUT2D eigenvalue weighted by atomic mass is 9.90. The molecule has 0 radical (unpaired) electrons. The van der Waals surface area contributed by atoms with Gasteiger partial charge >= 0.3 is 0 Å². The average molecular weight is 486 g/mol. The molecule has 2 nitrogen and oxygen atoms in total. The number of nitrogens with zero attached hydrogens (tertiary/aromatic N) is 2. The molecule has 186 valence electrons. The molecule has 0 bridgehead atoms. The smallest absolute Gasteiger partial charge is 0.225 e. The predicted octanol–water partition coefficient (Wildman–Crippen LogP) is 8.56. The third-order valence-corrected chi connectivity index (χ3v) is 8.19. The van der Waals surface area contributed by atoms with Crippen LogP contribution >= 0.6 is 0 Å². The molecule has 0 atom stereocenters. The summed E-state index contributed by atoms with van der Waals surface area (Å²) < 4.78 is 5.05. The van der Waals surface area contributed by atoms with Crippen LogP contribution in [0.15, 0.2) is 72.8 Å². The molecule has 2 heteroatoms. The van der Waals surface area contributed by atoms with Crippen LogP contribution in [-0.4, -0.2) is 4.57 Å². The van der Waals surface area contributed by atoms with E-state index >= 15 is 0 Å². The third kappa shape index (κ3) is 3.57. The van der Waals surface area contributed by atoms with Crippen molar-refractivity contribution in [3.05, 3.63) is 106 Å². The zero-order valence-corrected chi connectivity index (χ0v) is 23.2. The molecule has 1 heterocycles. The Bertz CT molecular complexity index is 1650. The SMILES string of the molecule is Cc1cc(C(C)C)c(-[n+]2c(-c3ccccc3C)n(C)c3ccc4c(c32)-c2ccccc2C4)c(C(C)C)c1. The van der Waals surface area contributed by atoms with Gasteiger partial charge in [-0.1, -0.05) is 93.9 Å². The molecule has 1 aliphatic rings. The number of aryl methyl sites for hydroxylation is 3. The molecule has 0 saturated heterocycles. The first-order valence-corrected chi connectivity index (χ1v) is 13.6. The quantitative estimate of drug-likeness (QED) is 0.221. The van der Waals surface area contributed by atoms with Crippen molar-refractivity contribution in [3.8, 4) is 28.2 Å². The topological polar surface area (TPSA) is 8.81 Å². The van der Waals surface area contributed by atoms with E-state index in [0.29, 0.717) is 11.8 Å². The van der Waals surface area contributed by atoms with Gasteiger partial charge in [0.05, 0.1) is 12.6 Å². The van der Waals surface area contributed by atoms with Crippen LogP contribution in [0.3, 0.4) is 0 Å². The lowest BCUT2D eigenvalue weighted by Crippen LogP contribution is -2.37. The van der Waals surface area contributed by atoms with Gasteiger partial charge in [0.1, 0.15) is 5.69 Å². The van der Waals surface area contributed by atoms with Crippen molar-refractivity contribution in [1.82, 2.24) is 4.57 Å². The molecular formula is C35H37N2+. The van der Waals surface area contributed by atoms with Crippen molar-refractivity contribution in [1.29, 1.82) is 0 Å². The largest absolute Gasteiger partial charge is 0.295 e. The summed E-state index contributed by atoms with van der Waals surface area (Å²) in [4.78, 5) is 0. The molecule has 4 aromatic carbocycles. The monoisotopic (exact) mass is 485 g/mol. The van der Waals surface area contributed by atoms with E-state index in [1.54, 1.807) is 0 Å². The Morgan fingerprint density at radius 1 is 0.730 bits per heavy atom. The van der Waals surface area contributed by atoms with Gasteiger partial charge in [0.15, 0.2) is 11.0 Å². The summed E-state index contributed by atoms with van der Waals surface area (Å²) in [6.07, 6.45) is 0.998. The van der Waals surface area contributed by atoms with Gasteiger partial charge in [0.2, 0.25) is 0 Å². The highest BCUT2D eigenvalue weighted by atomic mass is 15.2. The second-order valence-electron chi connectivity index (χ2n) is 11.4. The maximum Gasteiger partial charge on any atom is 0.295 e. The fraction of sp³-hybridized carbons (Fsp3) is 0.286. The predicted molar refractivity (Wildman–Crippen MR) is 156 cm³/mol. The molecule has 0 spiro atoms. The highest BCUT2D eigenvalue weighted by Crippen LogP contribution is 2.43. The van der Waals surface area contributed by atoms with Gasteiger partial charge in [-0.2, -0.15) is 4.57 Å². The van der Waals surface area contributed by atoms with Crippen molar-refractivity contribution >= 4 is 11.0 Å². The third-order valence-electron chi connectivity index (χ3n) is 8.19. The molecular weight excluding hydrogens is 448 g/mol. The highest BCUT2D eigenvalue weighted by molar-refractivity contribution is 5.97. The van der Waals surface area contributed by atoms with Gasteiger partial charge in [-0.3, -0.25) is 0 Å². The summed E-state index contributed by atoms with van der Waals surface area (Å²) in [6.45, 7) is 13.8. The second-order valence-corrected chi connectivity index (χ2v) is 11.4. The first kappa shape index (κ1) is 23.7. The minimum absolute atomic E-state index is 0.406. The van der Waals surface area contributed by atoms with Crippen molar-refractivity contribution < 1.29 is 4.57 Å². The van der Waals surface area contributed by atoms with Crippen molar-refractivity contribution in [3.63, 3.8) is 0 Å². The molecule has 5 aromatic rings. The maximum absolute atomic E-state index is 2.63. The van der Waals surface area contributed by atoms with Gasteiger partial charge in [-0.25, -0.2) is 4.57 Å². The molecule has 37 heavy (non-hydrogen) atoms. The van der Waals surface area contributed by atoms with Gasteiger partial charge in [0.25, 0.3) is 5.82 Å².